The van der Waals surface area contributed by atoms with Crippen LogP contribution in [0.5, 0.6) is 0 Å². The third-order valence-electron chi connectivity index (χ3n) is 6.60. The summed E-state index contributed by atoms with van der Waals surface area (Å²) in [5.74, 6) is -1.20. The summed E-state index contributed by atoms with van der Waals surface area (Å²) in [6.07, 6.45) is 0.870. The molecule has 0 aliphatic heterocycles. The number of rotatable bonds is 9. The van der Waals surface area contributed by atoms with Crippen LogP contribution in [0.4, 0.5) is 10.1 Å². The molecular weight excluding hydrogens is 523 g/mol. The Bertz CT molecular complexity index is 1830. The maximum atomic E-state index is 13.6. The fourth-order valence-corrected chi connectivity index (χ4v) is 4.61. The van der Waals surface area contributed by atoms with Gasteiger partial charge in [-0.3, -0.25) is 19.0 Å². The molecule has 9 heteroatoms. The maximum Gasteiger partial charge on any atom is 0.336 e. The normalized spacial score (nSPS) is 10.9. The van der Waals surface area contributed by atoms with E-state index >= 15 is 0 Å². The highest BCUT2D eigenvalue weighted by Crippen LogP contribution is 2.13. The molecule has 0 saturated heterocycles. The number of hydrogen-bond donors (Lipinski definition) is 2. The minimum Gasteiger partial charge on any atom is -0.355 e. The van der Waals surface area contributed by atoms with Crippen molar-refractivity contribution in [2.75, 3.05) is 11.9 Å². The quantitative estimate of drug-likeness (QED) is 0.291. The van der Waals surface area contributed by atoms with Crippen molar-refractivity contribution in [2.45, 2.75) is 19.4 Å². The number of amides is 2. The maximum absolute atomic E-state index is 13.6. The van der Waals surface area contributed by atoms with Gasteiger partial charge >= 0.3 is 5.69 Å². The van der Waals surface area contributed by atoms with Crippen molar-refractivity contribution in [1.29, 1.82) is 0 Å². The van der Waals surface area contributed by atoms with E-state index in [1.807, 2.05) is 30.3 Å². The molecule has 0 unspecified atom stereocenters. The molecular formula is C32H27FN4O4. The molecule has 0 bridgehead atoms. The smallest absolute Gasteiger partial charge is 0.336 e. The van der Waals surface area contributed by atoms with E-state index in [1.54, 1.807) is 48.5 Å². The molecule has 1 heterocycles. The molecule has 4 aromatic carbocycles. The molecule has 5 rings (SSSR count). The average Bonchev–Trinajstić information content (AvgIpc) is 2.97. The Labute approximate surface area is 234 Å². The lowest BCUT2D eigenvalue weighted by Crippen LogP contribution is -2.40. The molecule has 8 nitrogen and oxygen atoms in total. The number of nitrogens with zero attached hydrogens (tertiary/aromatic N) is 2. The van der Waals surface area contributed by atoms with Crippen LogP contribution < -0.4 is 21.9 Å². The summed E-state index contributed by atoms with van der Waals surface area (Å²) in [5.41, 5.74) is 1.48. The van der Waals surface area contributed by atoms with E-state index in [-0.39, 0.29) is 23.4 Å². The first kappa shape index (κ1) is 27.3. The second-order valence-corrected chi connectivity index (χ2v) is 9.51. The van der Waals surface area contributed by atoms with Crippen LogP contribution in [-0.2, 0) is 29.0 Å². The van der Waals surface area contributed by atoms with Gasteiger partial charge in [0.25, 0.3) is 5.56 Å². The number of halogens is 1. The first-order valence-electron chi connectivity index (χ1n) is 13.1. The summed E-state index contributed by atoms with van der Waals surface area (Å²) < 4.78 is 15.8. The Morgan fingerprint density at radius 3 is 2.24 bits per heavy atom. The Balaban J connectivity index is 1.36. The van der Waals surface area contributed by atoms with E-state index in [4.69, 9.17) is 0 Å². The lowest BCUT2D eigenvalue weighted by molar-refractivity contribution is -0.120. The number of fused-ring (bicyclic) bond motifs is 1. The third kappa shape index (κ3) is 6.47. The molecule has 206 valence electrons. The molecule has 2 amide bonds. The Hall–Kier alpha value is -5.31. The Morgan fingerprint density at radius 1 is 0.756 bits per heavy atom. The summed E-state index contributed by atoms with van der Waals surface area (Å²) >= 11 is 0. The van der Waals surface area contributed by atoms with Crippen molar-refractivity contribution >= 4 is 28.4 Å². The van der Waals surface area contributed by atoms with Crippen LogP contribution in [0.15, 0.2) is 113 Å². The van der Waals surface area contributed by atoms with Crippen molar-refractivity contribution in [3.05, 3.63) is 141 Å². The van der Waals surface area contributed by atoms with Gasteiger partial charge in [-0.15, -0.1) is 0 Å². The van der Waals surface area contributed by atoms with E-state index < -0.39 is 29.5 Å². The fourth-order valence-electron chi connectivity index (χ4n) is 4.61. The molecule has 0 saturated carbocycles. The van der Waals surface area contributed by atoms with Gasteiger partial charge in [0.1, 0.15) is 12.4 Å². The summed E-state index contributed by atoms with van der Waals surface area (Å²) in [5, 5.41) is 5.74. The van der Waals surface area contributed by atoms with Gasteiger partial charge in [-0.2, -0.15) is 0 Å². The lowest BCUT2D eigenvalue weighted by atomic mass is 10.1. The van der Waals surface area contributed by atoms with Crippen LogP contribution in [0, 0.1) is 5.82 Å². The van der Waals surface area contributed by atoms with Gasteiger partial charge < -0.3 is 10.6 Å². The number of aromatic nitrogens is 2. The first-order chi connectivity index (χ1) is 19.9. The van der Waals surface area contributed by atoms with Gasteiger partial charge in [0.05, 0.1) is 23.0 Å². The van der Waals surface area contributed by atoms with Crippen LogP contribution in [0.1, 0.15) is 11.1 Å². The number of carbonyl (C=O) groups excluding carboxylic acids is 2. The van der Waals surface area contributed by atoms with E-state index in [1.165, 1.54) is 28.8 Å². The summed E-state index contributed by atoms with van der Waals surface area (Å²) in [4.78, 5) is 52.2. The van der Waals surface area contributed by atoms with Crippen molar-refractivity contribution < 1.29 is 14.0 Å². The number of carbonyl (C=O) groups is 2. The van der Waals surface area contributed by atoms with Gasteiger partial charge in [0.2, 0.25) is 11.8 Å². The van der Waals surface area contributed by atoms with Gasteiger partial charge in [0, 0.05) is 12.2 Å². The molecule has 0 spiro atoms. The van der Waals surface area contributed by atoms with Crippen molar-refractivity contribution in [1.82, 2.24) is 14.5 Å². The van der Waals surface area contributed by atoms with Crippen LogP contribution in [0.2, 0.25) is 0 Å². The zero-order valence-electron chi connectivity index (χ0n) is 22.0. The van der Waals surface area contributed by atoms with E-state index in [0.29, 0.717) is 17.7 Å². The van der Waals surface area contributed by atoms with Gasteiger partial charge in [-0.25, -0.2) is 13.8 Å². The minimum atomic E-state index is -0.700. The minimum absolute atomic E-state index is 0.136. The average molecular weight is 551 g/mol. The zero-order valence-corrected chi connectivity index (χ0v) is 22.0. The predicted octanol–water partition coefficient (Wildman–Crippen LogP) is 3.83. The van der Waals surface area contributed by atoms with E-state index in [0.717, 1.165) is 22.1 Å². The Kier molecular flexibility index (Phi) is 8.15. The molecule has 2 N–H and O–H groups in total. The lowest BCUT2D eigenvalue weighted by Gasteiger charge is -2.14. The summed E-state index contributed by atoms with van der Waals surface area (Å²) in [6, 6.07) is 28.4. The standard InChI is InChI=1S/C32H27FN4O4/c33-24-9-6-10-25(20-24)35-30(39)21-36-28-12-5-4-11-27(28)31(40)37(32(36)41)26-15-13-23(14-16-26)19-29(38)34-18-17-22-7-2-1-3-8-22/h1-16,20H,17-19,21H2,(H,34,38)(H,35,39). The highest BCUT2D eigenvalue weighted by molar-refractivity contribution is 5.91. The fraction of sp³-hybridized carbons (Fsp3) is 0.125. The molecule has 5 aromatic rings. The predicted molar refractivity (Wildman–Crippen MR) is 156 cm³/mol. The van der Waals surface area contributed by atoms with Crippen molar-refractivity contribution in [3.63, 3.8) is 0 Å². The van der Waals surface area contributed by atoms with E-state index in [9.17, 15) is 23.6 Å². The first-order valence-corrected chi connectivity index (χ1v) is 13.1. The number of benzene rings is 4. The van der Waals surface area contributed by atoms with Crippen LogP contribution in [-0.4, -0.2) is 27.5 Å². The highest BCUT2D eigenvalue weighted by Gasteiger charge is 2.17. The zero-order chi connectivity index (χ0) is 28.8. The molecule has 0 atom stereocenters. The SMILES string of the molecule is O=C(Cc1ccc(-n2c(=O)c3ccccc3n(CC(=O)Nc3cccc(F)c3)c2=O)cc1)NCCc1ccccc1. The number of hydrogen-bond acceptors (Lipinski definition) is 4. The van der Waals surface area contributed by atoms with E-state index in [2.05, 4.69) is 10.6 Å². The summed E-state index contributed by atoms with van der Waals surface area (Å²) in [6.45, 7) is 0.122. The molecule has 0 fully saturated rings. The van der Waals surface area contributed by atoms with Gasteiger partial charge in [-0.05, 0) is 60.0 Å². The second-order valence-electron chi connectivity index (χ2n) is 9.51. The van der Waals surface area contributed by atoms with Crippen molar-refractivity contribution in [3.8, 4) is 5.69 Å². The van der Waals surface area contributed by atoms with Crippen LogP contribution >= 0.6 is 0 Å². The largest absolute Gasteiger partial charge is 0.355 e. The number of para-hydroxylation sites is 1. The highest BCUT2D eigenvalue weighted by atomic mass is 19.1. The molecule has 0 aliphatic rings. The van der Waals surface area contributed by atoms with Crippen LogP contribution in [0.3, 0.4) is 0 Å². The Morgan fingerprint density at radius 2 is 1.49 bits per heavy atom. The molecule has 1 aromatic heterocycles. The number of nitrogens with one attached hydrogen (secondary N) is 2. The third-order valence-corrected chi connectivity index (χ3v) is 6.60. The van der Waals surface area contributed by atoms with Crippen LogP contribution in [0.25, 0.3) is 16.6 Å². The number of anilines is 1. The molecule has 0 radical (unpaired) electrons. The van der Waals surface area contributed by atoms with Gasteiger partial charge in [0.15, 0.2) is 0 Å². The second kappa shape index (κ2) is 12.3. The van der Waals surface area contributed by atoms with Gasteiger partial charge in [-0.1, -0.05) is 60.7 Å². The molecule has 0 aliphatic carbocycles. The topological polar surface area (TPSA) is 102 Å². The van der Waals surface area contributed by atoms with Crippen molar-refractivity contribution in [2.24, 2.45) is 0 Å². The monoisotopic (exact) mass is 550 g/mol. The molecule has 41 heavy (non-hydrogen) atoms. The summed E-state index contributed by atoms with van der Waals surface area (Å²) in [7, 11) is 0.